The highest BCUT2D eigenvalue weighted by Crippen LogP contribution is 2.31. The number of benzene rings is 2. The number of carboxylic acid groups (broad SMARTS) is 1. The molecule has 1 atom stereocenters. The van der Waals surface area contributed by atoms with E-state index >= 15 is 0 Å². The summed E-state index contributed by atoms with van der Waals surface area (Å²) >= 11 is 0. The van der Waals surface area contributed by atoms with Gasteiger partial charge in [-0.3, -0.25) is 4.31 Å². The zero-order chi connectivity index (χ0) is 25.4. The monoisotopic (exact) mass is 491 g/mol. The van der Waals surface area contributed by atoms with Gasteiger partial charge in [-0.15, -0.1) is 0 Å². The van der Waals surface area contributed by atoms with E-state index in [1.807, 2.05) is 26.0 Å². The van der Waals surface area contributed by atoms with Gasteiger partial charge in [0.25, 0.3) is 0 Å². The van der Waals surface area contributed by atoms with Crippen LogP contribution in [0.25, 0.3) is 0 Å². The summed E-state index contributed by atoms with van der Waals surface area (Å²) in [6, 6.07) is 13.8. The largest absolute Gasteiger partial charge is 0.478 e. The van der Waals surface area contributed by atoms with Gasteiger partial charge in [0.15, 0.2) is 0 Å². The van der Waals surface area contributed by atoms with Crippen molar-refractivity contribution in [2.24, 2.45) is 0 Å². The Morgan fingerprint density at radius 1 is 1.12 bits per heavy atom. The molecule has 8 heteroatoms. The lowest BCUT2D eigenvalue weighted by Gasteiger charge is -2.32. The predicted octanol–water partition coefficient (Wildman–Crippen LogP) is 4.59. The molecule has 0 radical (unpaired) electrons. The number of aliphatic hydroxyl groups is 1. The number of aliphatic hydroxyl groups excluding tert-OH is 1. The first kappa shape index (κ1) is 27.8. The first-order valence-corrected chi connectivity index (χ1v) is 13.3. The van der Waals surface area contributed by atoms with Gasteiger partial charge in [0.05, 0.1) is 42.9 Å². The van der Waals surface area contributed by atoms with Crippen LogP contribution >= 0.6 is 0 Å². The Morgan fingerprint density at radius 3 is 2.38 bits per heavy atom. The van der Waals surface area contributed by atoms with Crippen LogP contribution in [0.5, 0.6) is 0 Å². The number of aromatic carboxylic acids is 1. The van der Waals surface area contributed by atoms with Crippen molar-refractivity contribution in [2.45, 2.75) is 65.1 Å². The van der Waals surface area contributed by atoms with E-state index in [0.29, 0.717) is 17.7 Å². The predicted molar refractivity (Wildman–Crippen MR) is 135 cm³/mol. The molecule has 34 heavy (non-hydrogen) atoms. The van der Waals surface area contributed by atoms with Gasteiger partial charge < -0.3 is 14.9 Å². The van der Waals surface area contributed by atoms with Crippen molar-refractivity contribution in [3.63, 3.8) is 0 Å². The van der Waals surface area contributed by atoms with E-state index in [9.17, 15) is 18.3 Å². The molecule has 0 bridgehead atoms. The number of rotatable bonds is 14. The maximum Gasteiger partial charge on any atom is 0.335 e. The van der Waals surface area contributed by atoms with Crippen molar-refractivity contribution in [1.29, 1.82) is 0 Å². The van der Waals surface area contributed by atoms with E-state index in [1.54, 1.807) is 31.2 Å². The molecule has 0 heterocycles. The van der Waals surface area contributed by atoms with Crippen LogP contribution in [-0.4, -0.2) is 49.6 Å². The highest BCUT2D eigenvalue weighted by atomic mass is 32.2. The zero-order valence-electron chi connectivity index (χ0n) is 20.5. The second-order valence-electron chi connectivity index (χ2n) is 8.96. The van der Waals surface area contributed by atoms with Crippen molar-refractivity contribution in [1.82, 2.24) is 0 Å². The quantitative estimate of drug-likeness (QED) is 0.375. The van der Waals surface area contributed by atoms with Gasteiger partial charge in [-0.1, -0.05) is 57.9 Å². The van der Waals surface area contributed by atoms with Crippen molar-refractivity contribution in [3.8, 4) is 0 Å². The zero-order valence-corrected chi connectivity index (χ0v) is 21.3. The molecule has 0 aliphatic rings. The standard InChI is InChI=1S/C26H37NO6S/c1-5-7-11-24(28)26(3,4)22-12-14-23(15-13-22)27(34(31,32)6-2)16-17-33-19-20-9-8-10-21(18-20)25(29)30/h8-10,12-15,18,24,28H,5-7,11,16-17,19H2,1-4H3,(H,29,30). The molecule has 0 aromatic heterocycles. The Labute approximate surface area is 203 Å². The van der Waals surface area contributed by atoms with Crippen LogP contribution in [0, 0.1) is 0 Å². The maximum atomic E-state index is 12.8. The molecular weight excluding hydrogens is 454 g/mol. The lowest BCUT2D eigenvalue weighted by atomic mass is 9.77. The molecule has 2 rings (SSSR count). The topological polar surface area (TPSA) is 104 Å². The van der Waals surface area contributed by atoms with Gasteiger partial charge in [0, 0.05) is 5.41 Å². The fourth-order valence-corrected chi connectivity index (χ4v) is 4.83. The molecule has 0 aliphatic heterocycles. The molecule has 2 N–H and O–H groups in total. The van der Waals surface area contributed by atoms with E-state index in [1.165, 1.54) is 16.4 Å². The average Bonchev–Trinajstić information content (AvgIpc) is 2.82. The number of hydrogen-bond donors (Lipinski definition) is 2. The minimum atomic E-state index is -3.53. The normalized spacial score (nSPS) is 13.0. The molecule has 2 aromatic rings. The smallest absolute Gasteiger partial charge is 0.335 e. The van der Waals surface area contributed by atoms with E-state index in [-0.39, 0.29) is 31.1 Å². The number of ether oxygens (including phenoxy) is 1. The Hall–Kier alpha value is -2.42. The molecule has 0 amide bonds. The molecule has 0 aliphatic carbocycles. The van der Waals surface area contributed by atoms with Crippen molar-refractivity contribution >= 4 is 21.7 Å². The summed E-state index contributed by atoms with van der Waals surface area (Å²) in [4.78, 5) is 11.1. The maximum absolute atomic E-state index is 12.8. The van der Waals surface area contributed by atoms with Gasteiger partial charge in [0.2, 0.25) is 10.0 Å². The van der Waals surface area contributed by atoms with Gasteiger partial charge in [-0.05, 0) is 48.7 Å². The molecule has 2 aromatic carbocycles. The third-order valence-electron chi connectivity index (χ3n) is 6.15. The van der Waals surface area contributed by atoms with E-state index in [4.69, 9.17) is 9.84 Å². The van der Waals surface area contributed by atoms with Gasteiger partial charge >= 0.3 is 5.97 Å². The summed E-state index contributed by atoms with van der Waals surface area (Å²) in [7, 11) is -3.53. The number of carbonyl (C=O) groups is 1. The Kier molecular flexibility index (Phi) is 10.1. The van der Waals surface area contributed by atoms with Crippen LogP contribution in [0.1, 0.15) is 68.4 Å². The van der Waals surface area contributed by atoms with Gasteiger partial charge in [-0.2, -0.15) is 0 Å². The molecule has 0 saturated carbocycles. The number of unbranched alkanes of at least 4 members (excludes halogenated alkanes) is 1. The van der Waals surface area contributed by atoms with Crippen LogP contribution in [0.3, 0.4) is 0 Å². The lowest BCUT2D eigenvalue weighted by Crippen LogP contribution is -2.36. The van der Waals surface area contributed by atoms with Crippen molar-refractivity contribution in [3.05, 3.63) is 65.2 Å². The summed E-state index contributed by atoms with van der Waals surface area (Å²) in [5, 5.41) is 19.7. The summed E-state index contributed by atoms with van der Waals surface area (Å²) in [5.41, 5.74) is 1.93. The Bertz CT molecular complexity index is 1030. The van der Waals surface area contributed by atoms with E-state index in [2.05, 4.69) is 6.92 Å². The van der Waals surface area contributed by atoms with Crippen LogP contribution in [0.15, 0.2) is 48.5 Å². The summed E-state index contributed by atoms with van der Waals surface area (Å²) < 4.78 is 32.5. The third-order valence-corrected chi connectivity index (χ3v) is 7.94. The minimum Gasteiger partial charge on any atom is -0.478 e. The number of carboxylic acids is 1. The van der Waals surface area contributed by atoms with Crippen LogP contribution in [-0.2, 0) is 26.8 Å². The van der Waals surface area contributed by atoms with Crippen LogP contribution < -0.4 is 4.31 Å². The van der Waals surface area contributed by atoms with Crippen molar-refractivity contribution in [2.75, 3.05) is 23.2 Å². The molecule has 7 nitrogen and oxygen atoms in total. The van der Waals surface area contributed by atoms with Crippen LogP contribution in [0.2, 0.25) is 0 Å². The molecule has 188 valence electrons. The highest BCUT2D eigenvalue weighted by molar-refractivity contribution is 7.92. The summed E-state index contributed by atoms with van der Waals surface area (Å²) in [6.07, 6.45) is 2.20. The molecule has 0 spiro atoms. The Morgan fingerprint density at radius 2 is 1.79 bits per heavy atom. The number of sulfonamides is 1. The van der Waals surface area contributed by atoms with Crippen LogP contribution in [0.4, 0.5) is 5.69 Å². The molecule has 0 fully saturated rings. The second kappa shape index (κ2) is 12.3. The first-order chi connectivity index (χ1) is 16.0. The third kappa shape index (κ3) is 7.29. The number of nitrogens with zero attached hydrogens (tertiary/aromatic N) is 1. The van der Waals surface area contributed by atoms with E-state index < -0.39 is 27.5 Å². The SMILES string of the molecule is CCCCC(O)C(C)(C)c1ccc(N(CCOCc2cccc(C(=O)O)c2)S(=O)(=O)CC)cc1. The number of anilines is 1. The summed E-state index contributed by atoms with van der Waals surface area (Å²) in [5.74, 6) is -1.05. The van der Waals surface area contributed by atoms with Gasteiger partial charge in [-0.25, -0.2) is 13.2 Å². The molecule has 0 saturated heterocycles. The van der Waals surface area contributed by atoms with E-state index in [0.717, 1.165) is 18.4 Å². The molecule has 1 unspecified atom stereocenters. The summed E-state index contributed by atoms with van der Waals surface area (Å²) in [6.45, 7) is 8.16. The highest BCUT2D eigenvalue weighted by Gasteiger charge is 2.30. The van der Waals surface area contributed by atoms with Gasteiger partial charge in [0.1, 0.15) is 0 Å². The first-order valence-electron chi connectivity index (χ1n) is 11.7. The second-order valence-corrected chi connectivity index (χ2v) is 11.1. The fraction of sp³-hybridized carbons (Fsp3) is 0.500. The Balaban J connectivity index is 2.10. The average molecular weight is 492 g/mol. The number of hydrogen-bond acceptors (Lipinski definition) is 5. The van der Waals surface area contributed by atoms with Crippen molar-refractivity contribution < 1.29 is 28.2 Å². The minimum absolute atomic E-state index is 0.0450. The lowest BCUT2D eigenvalue weighted by molar-refractivity contribution is 0.0696. The molecular formula is C26H37NO6S. The fourth-order valence-electron chi connectivity index (χ4n) is 3.72.